The number of nitrogens with one attached hydrogen (secondary N) is 1. The summed E-state index contributed by atoms with van der Waals surface area (Å²) in [6.45, 7) is 5.43. The fraction of sp³-hybridized carbons (Fsp3) is 0.417. The number of aromatic nitrogens is 1. The van der Waals surface area contributed by atoms with Crippen LogP contribution in [-0.2, 0) is 21.4 Å². The van der Waals surface area contributed by atoms with Gasteiger partial charge in [0.25, 0.3) is 0 Å². The van der Waals surface area contributed by atoms with Gasteiger partial charge in [0, 0.05) is 37.8 Å². The number of hydrogen-bond acceptors (Lipinski definition) is 6. The predicted octanol–water partition coefficient (Wildman–Crippen LogP) is 3.44. The molecule has 0 spiro atoms. The zero-order valence-electron chi connectivity index (χ0n) is 19.3. The number of nitrogens with zero attached hydrogens (tertiary/aromatic N) is 2. The van der Waals surface area contributed by atoms with E-state index in [9.17, 15) is 18.0 Å². The Labute approximate surface area is 198 Å². The van der Waals surface area contributed by atoms with Gasteiger partial charge in [0.15, 0.2) is 5.58 Å². The summed E-state index contributed by atoms with van der Waals surface area (Å²) >= 11 is 0. The van der Waals surface area contributed by atoms with E-state index >= 15 is 0 Å². The van der Waals surface area contributed by atoms with Crippen molar-refractivity contribution in [2.45, 2.75) is 44.6 Å². The maximum absolute atomic E-state index is 13.1. The van der Waals surface area contributed by atoms with E-state index in [0.717, 1.165) is 5.75 Å². The minimum absolute atomic E-state index is 0.0913. The van der Waals surface area contributed by atoms with Crippen LogP contribution in [0.1, 0.15) is 33.1 Å². The Balaban J connectivity index is 1.35. The Kier molecular flexibility index (Phi) is 7.08. The van der Waals surface area contributed by atoms with Gasteiger partial charge in [-0.05, 0) is 69.0 Å². The van der Waals surface area contributed by atoms with E-state index in [4.69, 9.17) is 9.15 Å². The van der Waals surface area contributed by atoms with Crippen LogP contribution in [0.5, 0.6) is 5.75 Å². The summed E-state index contributed by atoms with van der Waals surface area (Å²) < 4.78 is 39.8. The van der Waals surface area contributed by atoms with E-state index in [0.29, 0.717) is 56.7 Å². The number of piperidine rings is 1. The van der Waals surface area contributed by atoms with Crippen LogP contribution in [0, 0.1) is 5.92 Å². The van der Waals surface area contributed by atoms with Crippen molar-refractivity contribution in [3.8, 4) is 5.75 Å². The molecule has 1 amide bonds. The maximum atomic E-state index is 13.1. The van der Waals surface area contributed by atoms with Crippen molar-refractivity contribution < 1.29 is 22.4 Å². The van der Waals surface area contributed by atoms with Crippen LogP contribution in [0.2, 0.25) is 0 Å². The highest BCUT2D eigenvalue weighted by Gasteiger charge is 2.30. The molecule has 0 atom stereocenters. The van der Waals surface area contributed by atoms with Crippen molar-refractivity contribution in [3.63, 3.8) is 0 Å². The molecule has 2 heterocycles. The Morgan fingerprint density at radius 2 is 1.82 bits per heavy atom. The SMILES string of the molecule is CCOc1ccc(NC(=O)CC2CCN(S(=O)(=O)c3ccc4c(c3)oc(=O)n4CC)CC2)cc1. The van der Waals surface area contributed by atoms with E-state index in [1.165, 1.54) is 21.0 Å². The lowest BCUT2D eigenvalue weighted by atomic mass is 9.94. The molecule has 0 bridgehead atoms. The molecule has 1 aliphatic heterocycles. The Hall–Kier alpha value is -3.11. The zero-order chi connectivity index (χ0) is 24.3. The number of carbonyl (C=O) groups excluding carboxylic acids is 1. The van der Waals surface area contributed by atoms with E-state index in [1.807, 2.05) is 26.0 Å². The largest absolute Gasteiger partial charge is 0.494 e. The molecular formula is C24H29N3O6S. The molecule has 9 nitrogen and oxygen atoms in total. The molecule has 2 aromatic carbocycles. The van der Waals surface area contributed by atoms with Gasteiger partial charge in [-0.1, -0.05) is 0 Å². The van der Waals surface area contributed by atoms with E-state index in [1.54, 1.807) is 18.2 Å². The summed E-state index contributed by atoms with van der Waals surface area (Å²) in [4.78, 5) is 24.5. The van der Waals surface area contributed by atoms with Crippen LogP contribution < -0.4 is 15.8 Å². The van der Waals surface area contributed by atoms with Gasteiger partial charge in [0.2, 0.25) is 15.9 Å². The number of ether oxygens (including phenoxy) is 1. The molecule has 0 radical (unpaired) electrons. The third kappa shape index (κ3) is 5.02. The Bertz CT molecular complexity index is 1320. The van der Waals surface area contributed by atoms with Gasteiger partial charge in [-0.15, -0.1) is 0 Å². The number of hydrogen-bond donors (Lipinski definition) is 1. The molecule has 1 aliphatic rings. The lowest BCUT2D eigenvalue weighted by Gasteiger charge is -2.31. The fourth-order valence-electron chi connectivity index (χ4n) is 4.28. The van der Waals surface area contributed by atoms with Crippen molar-refractivity contribution in [2.75, 3.05) is 25.0 Å². The monoisotopic (exact) mass is 487 g/mol. The molecule has 1 N–H and O–H groups in total. The van der Waals surface area contributed by atoms with Crippen LogP contribution in [-0.4, -0.2) is 42.9 Å². The van der Waals surface area contributed by atoms with Gasteiger partial charge in [0.1, 0.15) is 5.75 Å². The van der Waals surface area contributed by atoms with Crippen molar-refractivity contribution in [3.05, 3.63) is 53.0 Å². The van der Waals surface area contributed by atoms with Crippen molar-refractivity contribution in [2.24, 2.45) is 5.92 Å². The molecule has 0 unspecified atom stereocenters. The number of fused-ring (bicyclic) bond motifs is 1. The second kappa shape index (κ2) is 10.0. The van der Waals surface area contributed by atoms with Gasteiger partial charge in [0.05, 0.1) is 17.0 Å². The second-order valence-electron chi connectivity index (χ2n) is 8.30. The normalized spacial score (nSPS) is 15.5. The molecular weight excluding hydrogens is 458 g/mol. The van der Waals surface area contributed by atoms with Crippen LogP contribution in [0.3, 0.4) is 0 Å². The number of benzene rings is 2. The third-order valence-corrected chi connectivity index (χ3v) is 7.99. The summed E-state index contributed by atoms with van der Waals surface area (Å²) in [5, 5.41) is 2.89. The van der Waals surface area contributed by atoms with Gasteiger partial charge >= 0.3 is 5.76 Å². The van der Waals surface area contributed by atoms with E-state index in [-0.39, 0.29) is 22.3 Å². The third-order valence-electron chi connectivity index (χ3n) is 6.09. The first-order chi connectivity index (χ1) is 16.3. The molecule has 1 aromatic heterocycles. The van der Waals surface area contributed by atoms with Gasteiger partial charge in [-0.3, -0.25) is 9.36 Å². The standard InChI is InChI=1S/C24H29N3O6S/c1-3-27-21-10-9-20(16-22(21)33-24(27)29)34(30,31)26-13-11-17(12-14-26)15-23(28)25-18-5-7-19(8-6-18)32-4-2/h5-10,16-17H,3-4,11-15H2,1-2H3,(H,25,28). The van der Waals surface area contributed by atoms with Gasteiger partial charge in [-0.25, -0.2) is 13.2 Å². The van der Waals surface area contributed by atoms with Gasteiger partial charge in [-0.2, -0.15) is 4.31 Å². The number of oxazole rings is 1. The van der Waals surface area contributed by atoms with Gasteiger partial charge < -0.3 is 14.5 Å². The minimum atomic E-state index is -3.72. The van der Waals surface area contributed by atoms with E-state index < -0.39 is 15.8 Å². The zero-order valence-corrected chi connectivity index (χ0v) is 20.1. The first kappa shape index (κ1) is 24.0. The number of rotatable bonds is 8. The first-order valence-corrected chi connectivity index (χ1v) is 12.9. The summed E-state index contributed by atoms with van der Waals surface area (Å²) in [7, 11) is -3.72. The number of anilines is 1. The molecule has 34 heavy (non-hydrogen) atoms. The quantitative estimate of drug-likeness (QED) is 0.521. The second-order valence-corrected chi connectivity index (χ2v) is 10.2. The number of amides is 1. The summed E-state index contributed by atoms with van der Waals surface area (Å²) in [5.41, 5.74) is 1.53. The average Bonchev–Trinajstić information content (AvgIpc) is 3.15. The highest BCUT2D eigenvalue weighted by atomic mass is 32.2. The molecule has 3 aromatic rings. The first-order valence-electron chi connectivity index (χ1n) is 11.5. The van der Waals surface area contributed by atoms with E-state index in [2.05, 4.69) is 5.32 Å². The molecule has 182 valence electrons. The van der Waals surface area contributed by atoms with Crippen LogP contribution in [0.25, 0.3) is 11.1 Å². The van der Waals surface area contributed by atoms with Crippen LogP contribution >= 0.6 is 0 Å². The topological polar surface area (TPSA) is 111 Å². The highest BCUT2D eigenvalue weighted by Crippen LogP contribution is 2.28. The highest BCUT2D eigenvalue weighted by molar-refractivity contribution is 7.89. The van der Waals surface area contributed by atoms with Crippen LogP contribution in [0.4, 0.5) is 5.69 Å². The molecule has 1 saturated heterocycles. The molecule has 1 fully saturated rings. The van der Waals surface area contributed by atoms with Crippen molar-refractivity contribution >= 4 is 32.7 Å². The summed E-state index contributed by atoms with van der Waals surface area (Å²) in [6.07, 6.45) is 1.53. The minimum Gasteiger partial charge on any atom is -0.494 e. The maximum Gasteiger partial charge on any atom is 0.419 e. The average molecular weight is 488 g/mol. The lowest BCUT2D eigenvalue weighted by molar-refractivity contribution is -0.117. The summed E-state index contributed by atoms with van der Waals surface area (Å²) in [6, 6.07) is 11.7. The van der Waals surface area contributed by atoms with Crippen molar-refractivity contribution in [1.82, 2.24) is 8.87 Å². The fourth-order valence-corrected chi connectivity index (χ4v) is 5.77. The number of carbonyl (C=O) groups is 1. The number of aryl methyl sites for hydroxylation is 1. The molecule has 0 aliphatic carbocycles. The Morgan fingerprint density at radius 3 is 2.47 bits per heavy atom. The number of sulfonamides is 1. The smallest absolute Gasteiger partial charge is 0.419 e. The summed E-state index contributed by atoms with van der Waals surface area (Å²) in [5.74, 6) is 0.259. The molecule has 0 saturated carbocycles. The predicted molar refractivity (Wildman–Crippen MR) is 128 cm³/mol. The Morgan fingerprint density at radius 1 is 1.12 bits per heavy atom. The molecule has 4 rings (SSSR count). The molecule has 10 heteroatoms. The lowest BCUT2D eigenvalue weighted by Crippen LogP contribution is -2.39. The van der Waals surface area contributed by atoms with Crippen LogP contribution in [0.15, 0.2) is 56.6 Å². The van der Waals surface area contributed by atoms with Crippen molar-refractivity contribution in [1.29, 1.82) is 0 Å².